The van der Waals surface area contributed by atoms with Crippen LogP contribution in [0.5, 0.6) is 0 Å². The molecule has 0 spiro atoms. The van der Waals surface area contributed by atoms with Gasteiger partial charge in [0.05, 0.1) is 0 Å². The molecule has 2 aliphatic heterocycles. The summed E-state index contributed by atoms with van der Waals surface area (Å²) < 4.78 is 0. The van der Waals surface area contributed by atoms with Gasteiger partial charge >= 0.3 is 0 Å². The first-order valence-electron chi connectivity index (χ1n) is 7.63. The number of hydrogen-bond donors (Lipinski definition) is 0. The van der Waals surface area contributed by atoms with E-state index in [0.717, 1.165) is 17.8 Å². The molecule has 3 heteroatoms. The Morgan fingerprint density at radius 3 is 2.11 bits per heavy atom. The summed E-state index contributed by atoms with van der Waals surface area (Å²) in [4.78, 5) is 5.33. The van der Waals surface area contributed by atoms with Crippen molar-refractivity contribution >= 4 is 0 Å². The minimum absolute atomic E-state index is 0. The largest absolute Gasteiger partial charge is 0.303 e. The zero-order valence-corrected chi connectivity index (χ0v) is 12.4. The first-order valence-corrected chi connectivity index (χ1v) is 7.63. The highest BCUT2D eigenvalue weighted by Crippen LogP contribution is 2.26. The van der Waals surface area contributed by atoms with Crippen molar-refractivity contribution in [3.63, 3.8) is 0 Å². The number of hydrogen-bond acceptors (Lipinski definition) is 2. The molecule has 18 heavy (non-hydrogen) atoms. The van der Waals surface area contributed by atoms with Crippen LogP contribution in [0.3, 0.4) is 0 Å². The Morgan fingerprint density at radius 2 is 1.61 bits per heavy atom. The highest BCUT2D eigenvalue weighted by molar-refractivity contribution is 4.80. The molecule has 2 heterocycles. The van der Waals surface area contributed by atoms with E-state index in [-0.39, 0.29) is 4.70 Å². The van der Waals surface area contributed by atoms with Crippen molar-refractivity contribution in [2.75, 3.05) is 39.3 Å². The van der Waals surface area contributed by atoms with Gasteiger partial charge in [0.25, 0.3) is 0 Å². The average molecular weight is 258 g/mol. The molecule has 0 aromatic rings. The predicted molar refractivity (Wildman–Crippen MR) is 76.7 cm³/mol. The van der Waals surface area contributed by atoms with E-state index in [1.807, 2.05) is 0 Å². The second-order valence-electron chi connectivity index (χ2n) is 6.43. The molecule has 0 radical (unpaired) electrons. The van der Waals surface area contributed by atoms with Crippen LogP contribution >= 0.6 is 0 Å². The summed E-state index contributed by atoms with van der Waals surface area (Å²) in [5, 5.41) is 0. The van der Waals surface area contributed by atoms with Crippen LogP contribution in [0, 0.1) is 17.8 Å². The van der Waals surface area contributed by atoms with Gasteiger partial charge in [-0.3, -0.25) is 4.70 Å². The Balaban J connectivity index is 0.00000162. The van der Waals surface area contributed by atoms with Gasteiger partial charge in [-0.1, -0.05) is 20.8 Å². The number of rotatable bonds is 4. The van der Waals surface area contributed by atoms with E-state index in [9.17, 15) is 0 Å². The lowest BCUT2D eigenvalue weighted by atomic mass is 9.86. The Morgan fingerprint density at radius 1 is 1.00 bits per heavy atom. The molecule has 0 bridgehead atoms. The maximum atomic E-state index is 2.72. The van der Waals surface area contributed by atoms with Crippen molar-refractivity contribution in [3.05, 3.63) is 0 Å². The molecule has 2 nitrogen and oxygen atoms in total. The number of piperidine rings is 1. The zero-order valence-electron chi connectivity index (χ0n) is 12.4. The maximum Gasteiger partial charge on any atom is 0.00224 e. The lowest BCUT2D eigenvalue weighted by Crippen LogP contribution is -2.38. The Labute approximate surface area is 112 Å². The Bertz CT molecular complexity index is 225. The van der Waals surface area contributed by atoms with Crippen molar-refractivity contribution in [2.24, 2.45) is 17.8 Å². The van der Waals surface area contributed by atoms with Crippen LogP contribution in [0.2, 0.25) is 0 Å². The van der Waals surface area contributed by atoms with Gasteiger partial charge in [0.1, 0.15) is 0 Å². The molecule has 0 aromatic carbocycles. The normalized spacial score (nSPS) is 27.7. The summed E-state index contributed by atoms with van der Waals surface area (Å²) in [5.41, 5.74) is 0. The van der Waals surface area contributed by atoms with Gasteiger partial charge in [-0.05, 0) is 63.2 Å². The first kappa shape index (κ1) is 15.9. The van der Waals surface area contributed by atoms with Crippen LogP contribution in [0.1, 0.15) is 40.0 Å². The minimum Gasteiger partial charge on any atom is -0.303 e. The van der Waals surface area contributed by atoms with Crippen molar-refractivity contribution in [1.82, 2.24) is 9.80 Å². The van der Waals surface area contributed by atoms with Crippen LogP contribution in [0.25, 0.3) is 0 Å². The van der Waals surface area contributed by atoms with Crippen molar-refractivity contribution in [3.8, 4) is 0 Å². The van der Waals surface area contributed by atoms with Crippen LogP contribution in [0.4, 0.5) is 4.70 Å². The summed E-state index contributed by atoms with van der Waals surface area (Å²) in [6.07, 6.45) is 4.29. The van der Waals surface area contributed by atoms with Gasteiger partial charge in [0.2, 0.25) is 0 Å². The van der Waals surface area contributed by atoms with Crippen molar-refractivity contribution in [2.45, 2.75) is 40.0 Å². The second-order valence-corrected chi connectivity index (χ2v) is 6.43. The minimum atomic E-state index is 0. The standard InChI is InChI=1S/C15H30N2.FH/c1-4-16-8-5-14(11-16)12-17-9-6-15(7-10-17)13(2)3;/h13-15H,4-12H2,1-3H3;1H/t14-;/m0./s1. The van der Waals surface area contributed by atoms with E-state index < -0.39 is 0 Å². The van der Waals surface area contributed by atoms with E-state index in [4.69, 9.17) is 0 Å². The van der Waals surface area contributed by atoms with E-state index >= 15 is 0 Å². The number of nitrogens with zero attached hydrogens (tertiary/aromatic N) is 2. The second kappa shape index (κ2) is 7.44. The van der Waals surface area contributed by atoms with Gasteiger partial charge < -0.3 is 9.80 Å². The smallest absolute Gasteiger partial charge is 0.00224 e. The van der Waals surface area contributed by atoms with Crippen LogP contribution in [-0.4, -0.2) is 49.1 Å². The molecule has 0 aliphatic carbocycles. The first-order chi connectivity index (χ1) is 8.19. The van der Waals surface area contributed by atoms with E-state index in [1.54, 1.807) is 0 Å². The van der Waals surface area contributed by atoms with Crippen molar-refractivity contribution < 1.29 is 4.70 Å². The summed E-state index contributed by atoms with van der Waals surface area (Å²) in [5.74, 6) is 2.83. The molecule has 0 saturated carbocycles. The third-order valence-corrected chi connectivity index (χ3v) is 4.91. The third-order valence-electron chi connectivity index (χ3n) is 4.91. The predicted octanol–water partition coefficient (Wildman–Crippen LogP) is 2.85. The van der Waals surface area contributed by atoms with Gasteiger partial charge in [-0.25, -0.2) is 0 Å². The van der Waals surface area contributed by atoms with E-state index in [2.05, 4.69) is 30.6 Å². The fourth-order valence-corrected chi connectivity index (χ4v) is 3.52. The van der Waals surface area contributed by atoms with Gasteiger partial charge in [-0.2, -0.15) is 0 Å². The molecular formula is C15H31FN2. The quantitative estimate of drug-likeness (QED) is 0.765. The summed E-state index contributed by atoms with van der Waals surface area (Å²) in [6.45, 7) is 15.1. The molecule has 2 fully saturated rings. The van der Waals surface area contributed by atoms with Gasteiger partial charge in [0.15, 0.2) is 0 Å². The molecule has 0 aromatic heterocycles. The number of halogens is 1. The number of likely N-dealkylation sites (tertiary alicyclic amines) is 2. The Kier molecular flexibility index (Phi) is 6.58. The van der Waals surface area contributed by atoms with Crippen molar-refractivity contribution in [1.29, 1.82) is 0 Å². The molecule has 1 atom stereocenters. The Hall–Kier alpha value is -0.150. The SMILES string of the molecule is CCN1CC[C@H](CN2CCC(C(C)C)CC2)C1.F. The fraction of sp³-hybridized carbons (Fsp3) is 1.00. The third kappa shape index (κ3) is 4.20. The molecule has 2 aliphatic rings. The fourth-order valence-electron chi connectivity index (χ4n) is 3.52. The van der Waals surface area contributed by atoms with Crippen LogP contribution in [-0.2, 0) is 0 Å². The van der Waals surface area contributed by atoms with Gasteiger partial charge in [-0.15, -0.1) is 0 Å². The van der Waals surface area contributed by atoms with E-state index in [0.29, 0.717) is 0 Å². The zero-order chi connectivity index (χ0) is 12.3. The maximum absolute atomic E-state index is 2.72. The monoisotopic (exact) mass is 258 g/mol. The molecule has 0 N–H and O–H groups in total. The summed E-state index contributed by atoms with van der Waals surface area (Å²) in [7, 11) is 0. The topological polar surface area (TPSA) is 6.48 Å². The summed E-state index contributed by atoms with van der Waals surface area (Å²) in [6, 6.07) is 0. The lowest BCUT2D eigenvalue weighted by molar-refractivity contribution is 0.139. The average Bonchev–Trinajstić information content (AvgIpc) is 2.77. The van der Waals surface area contributed by atoms with Crippen LogP contribution in [0.15, 0.2) is 0 Å². The van der Waals surface area contributed by atoms with Gasteiger partial charge in [0, 0.05) is 13.1 Å². The molecule has 2 saturated heterocycles. The molecule has 2 rings (SSSR count). The summed E-state index contributed by atoms with van der Waals surface area (Å²) >= 11 is 0. The molecule has 0 unspecified atom stereocenters. The van der Waals surface area contributed by atoms with E-state index in [1.165, 1.54) is 58.5 Å². The highest BCUT2D eigenvalue weighted by Gasteiger charge is 2.26. The molecule has 108 valence electrons. The highest BCUT2D eigenvalue weighted by atomic mass is 19.0. The molecular weight excluding hydrogens is 227 g/mol. The lowest BCUT2D eigenvalue weighted by Gasteiger charge is -2.35. The van der Waals surface area contributed by atoms with Crippen LogP contribution < -0.4 is 0 Å². The molecule has 0 amide bonds.